The van der Waals surface area contributed by atoms with E-state index in [-0.39, 0.29) is 0 Å². The average molecular weight is 249 g/mol. The number of alkyl halides is 1. The second-order valence-corrected chi connectivity index (χ2v) is 2.54. The third-order valence-electron chi connectivity index (χ3n) is 1.12. The third-order valence-corrected chi connectivity index (χ3v) is 1.90. The van der Waals surface area contributed by atoms with Gasteiger partial charge in [-0.3, -0.25) is 0 Å². The number of aromatic nitrogens is 2. The van der Waals surface area contributed by atoms with Crippen LogP contribution in [-0.4, -0.2) is 17.0 Å². The van der Waals surface area contributed by atoms with E-state index in [2.05, 4.69) is 37.9 Å². The minimum absolute atomic E-state index is 0.877. The molecular weight excluding hydrogens is 241 g/mol. The van der Waals surface area contributed by atoms with Crippen molar-refractivity contribution in [1.29, 1.82) is 0 Å². The van der Waals surface area contributed by atoms with Crippen LogP contribution < -0.4 is 5.32 Å². The monoisotopic (exact) mass is 249 g/mol. The molecule has 0 atom stereocenters. The summed E-state index contributed by atoms with van der Waals surface area (Å²) >= 11 is 2.27. The molecule has 0 radical (unpaired) electrons. The Balaban J connectivity index is 2.87. The van der Waals surface area contributed by atoms with Crippen molar-refractivity contribution in [2.75, 3.05) is 12.4 Å². The SMILES string of the molecule is CNc1cc(CI)ncn1. The molecule has 1 heterocycles. The molecular formula is C6H8IN3. The van der Waals surface area contributed by atoms with Gasteiger partial charge in [-0.05, 0) is 0 Å². The highest BCUT2D eigenvalue weighted by atomic mass is 127. The molecule has 54 valence electrons. The van der Waals surface area contributed by atoms with Crippen LogP contribution in [0.5, 0.6) is 0 Å². The van der Waals surface area contributed by atoms with E-state index in [9.17, 15) is 0 Å². The van der Waals surface area contributed by atoms with Gasteiger partial charge in [-0.2, -0.15) is 0 Å². The summed E-state index contributed by atoms with van der Waals surface area (Å²) in [4.78, 5) is 8.03. The Morgan fingerprint density at radius 2 is 2.40 bits per heavy atom. The molecule has 0 saturated carbocycles. The molecule has 1 rings (SSSR count). The van der Waals surface area contributed by atoms with Crippen molar-refractivity contribution in [3.63, 3.8) is 0 Å². The second kappa shape index (κ2) is 3.70. The molecule has 0 unspecified atom stereocenters. The molecule has 0 bridgehead atoms. The molecule has 4 heteroatoms. The first-order chi connectivity index (χ1) is 4.86. The zero-order chi connectivity index (χ0) is 7.40. The van der Waals surface area contributed by atoms with Crippen LogP contribution in [0.2, 0.25) is 0 Å². The van der Waals surface area contributed by atoms with Crippen molar-refractivity contribution < 1.29 is 0 Å². The first-order valence-corrected chi connectivity index (χ1v) is 4.44. The van der Waals surface area contributed by atoms with E-state index in [1.807, 2.05) is 13.1 Å². The van der Waals surface area contributed by atoms with Crippen molar-refractivity contribution >= 4 is 28.4 Å². The lowest BCUT2D eigenvalue weighted by Gasteiger charge is -1.98. The van der Waals surface area contributed by atoms with Gasteiger partial charge in [-0.25, -0.2) is 9.97 Å². The zero-order valence-corrected chi connectivity index (χ0v) is 7.79. The minimum atomic E-state index is 0.877. The highest BCUT2D eigenvalue weighted by molar-refractivity contribution is 14.1. The summed E-state index contributed by atoms with van der Waals surface area (Å²) in [6.07, 6.45) is 1.57. The maximum Gasteiger partial charge on any atom is 0.129 e. The van der Waals surface area contributed by atoms with Crippen LogP contribution in [-0.2, 0) is 4.43 Å². The van der Waals surface area contributed by atoms with Crippen LogP contribution in [0.3, 0.4) is 0 Å². The summed E-state index contributed by atoms with van der Waals surface area (Å²) in [6, 6.07) is 1.94. The Bertz CT molecular complexity index is 195. The summed E-state index contributed by atoms with van der Waals surface area (Å²) in [7, 11) is 1.85. The van der Waals surface area contributed by atoms with E-state index < -0.39 is 0 Å². The number of hydrogen-bond donors (Lipinski definition) is 1. The molecule has 3 nitrogen and oxygen atoms in total. The lowest BCUT2D eigenvalue weighted by molar-refractivity contribution is 1.09. The van der Waals surface area contributed by atoms with Crippen molar-refractivity contribution in [1.82, 2.24) is 9.97 Å². The second-order valence-electron chi connectivity index (χ2n) is 1.78. The Labute approximate surface area is 73.4 Å². The van der Waals surface area contributed by atoms with Gasteiger partial charge in [0.2, 0.25) is 0 Å². The van der Waals surface area contributed by atoms with Gasteiger partial charge in [0.25, 0.3) is 0 Å². The van der Waals surface area contributed by atoms with Gasteiger partial charge >= 0.3 is 0 Å². The summed E-state index contributed by atoms with van der Waals surface area (Å²) in [5.74, 6) is 0.877. The van der Waals surface area contributed by atoms with Crippen molar-refractivity contribution in [3.8, 4) is 0 Å². The molecule has 10 heavy (non-hydrogen) atoms. The third kappa shape index (κ3) is 1.80. The molecule has 0 spiro atoms. The van der Waals surface area contributed by atoms with E-state index >= 15 is 0 Å². The van der Waals surface area contributed by atoms with Crippen molar-refractivity contribution in [2.45, 2.75) is 4.43 Å². The minimum Gasteiger partial charge on any atom is -0.373 e. The van der Waals surface area contributed by atoms with Gasteiger partial charge in [0.05, 0.1) is 5.69 Å². The fraction of sp³-hybridized carbons (Fsp3) is 0.333. The van der Waals surface area contributed by atoms with Crippen LogP contribution in [0, 0.1) is 0 Å². The molecule has 0 aliphatic heterocycles. The first kappa shape index (κ1) is 7.71. The summed E-state index contributed by atoms with van der Waals surface area (Å²) in [6.45, 7) is 0. The molecule has 1 N–H and O–H groups in total. The maximum atomic E-state index is 4.05. The number of rotatable bonds is 2. The predicted octanol–water partition coefficient (Wildman–Crippen LogP) is 1.45. The number of anilines is 1. The van der Waals surface area contributed by atoms with E-state index in [0.29, 0.717) is 0 Å². The maximum absolute atomic E-state index is 4.05. The van der Waals surface area contributed by atoms with E-state index in [0.717, 1.165) is 15.9 Å². The normalized spacial score (nSPS) is 9.40. The van der Waals surface area contributed by atoms with Gasteiger partial charge in [-0.15, -0.1) is 0 Å². The van der Waals surface area contributed by atoms with Gasteiger partial charge in [0.1, 0.15) is 12.1 Å². The number of nitrogens with one attached hydrogen (secondary N) is 1. The summed E-state index contributed by atoms with van der Waals surface area (Å²) in [5.41, 5.74) is 1.06. The molecule has 0 aliphatic rings. The van der Waals surface area contributed by atoms with E-state index in [1.54, 1.807) is 6.33 Å². The largest absolute Gasteiger partial charge is 0.373 e. The van der Waals surface area contributed by atoms with Crippen LogP contribution in [0.15, 0.2) is 12.4 Å². The Kier molecular flexibility index (Phi) is 2.85. The molecule has 0 fully saturated rings. The summed E-state index contributed by atoms with van der Waals surface area (Å²) < 4.78 is 0.926. The molecule has 1 aromatic heterocycles. The van der Waals surface area contributed by atoms with Gasteiger partial charge < -0.3 is 5.32 Å². The highest BCUT2D eigenvalue weighted by Gasteiger charge is 1.92. The Morgan fingerprint density at radius 3 is 3.00 bits per heavy atom. The standard InChI is InChI=1S/C6H8IN3/c1-8-6-2-5(3-7)9-4-10-6/h2,4H,3H2,1H3,(H,8,9,10). The lowest BCUT2D eigenvalue weighted by atomic mass is 10.4. The number of hydrogen-bond acceptors (Lipinski definition) is 3. The van der Waals surface area contributed by atoms with Crippen LogP contribution in [0.1, 0.15) is 5.69 Å². The smallest absolute Gasteiger partial charge is 0.129 e. The molecule has 1 aromatic rings. The van der Waals surface area contributed by atoms with Crippen LogP contribution >= 0.6 is 22.6 Å². The number of nitrogens with zero attached hydrogens (tertiary/aromatic N) is 2. The van der Waals surface area contributed by atoms with Crippen molar-refractivity contribution in [3.05, 3.63) is 18.1 Å². The van der Waals surface area contributed by atoms with Gasteiger partial charge in [-0.1, -0.05) is 22.6 Å². The van der Waals surface area contributed by atoms with Crippen molar-refractivity contribution in [2.24, 2.45) is 0 Å². The fourth-order valence-electron chi connectivity index (χ4n) is 0.607. The van der Waals surface area contributed by atoms with Crippen LogP contribution in [0.25, 0.3) is 0 Å². The first-order valence-electron chi connectivity index (χ1n) is 2.91. The van der Waals surface area contributed by atoms with Crippen LogP contribution in [0.4, 0.5) is 5.82 Å². The average Bonchev–Trinajstić information content (AvgIpc) is 2.05. The predicted molar refractivity (Wildman–Crippen MR) is 49.3 cm³/mol. The fourth-order valence-corrected chi connectivity index (χ4v) is 1.02. The Morgan fingerprint density at radius 1 is 1.60 bits per heavy atom. The summed E-state index contributed by atoms with van der Waals surface area (Å²) in [5, 5.41) is 2.95. The molecule has 0 amide bonds. The topological polar surface area (TPSA) is 37.8 Å². The van der Waals surface area contributed by atoms with Gasteiger partial charge in [0, 0.05) is 17.5 Å². The Hall–Kier alpha value is -0.390. The van der Waals surface area contributed by atoms with E-state index in [1.165, 1.54) is 0 Å². The lowest BCUT2D eigenvalue weighted by Crippen LogP contribution is -1.94. The zero-order valence-electron chi connectivity index (χ0n) is 5.63. The quantitative estimate of drug-likeness (QED) is 0.636. The number of halogens is 1. The van der Waals surface area contributed by atoms with Gasteiger partial charge in [0.15, 0.2) is 0 Å². The van der Waals surface area contributed by atoms with E-state index in [4.69, 9.17) is 0 Å². The highest BCUT2D eigenvalue weighted by Crippen LogP contribution is 2.05. The molecule has 0 aliphatic carbocycles. The molecule has 0 aromatic carbocycles. The molecule has 0 saturated heterocycles.